The van der Waals surface area contributed by atoms with Gasteiger partial charge in [-0.2, -0.15) is 0 Å². The van der Waals surface area contributed by atoms with Gasteiger partial charge in [0.25, 0.3) is 5.91 Å². The molecule has 27 heavy (non-hydrogen) atoms. The molecule has 2 amide bonds. The number of piperazine rings is 1. The van der Waals surface area contributed by atoms with Crippen molar-refractivity contribution >= 4 is 11.8 Å². The van der Waals surface area contributed by atoms with Crippen LogP contribution in [0.1, 0.15) is 22.3 Å². The lowest BCUT2D eigenvalue weighted by Gasteiger charge is -2.34. The van der Waals surface area contributed by atoms with Gasteiger partial charge in [-0.05, 0) is 30.2 Å². The lowest BCUT2D eigenvalue weighted by atomic mass is 10.1. The highest BCUT2D eigenvalue weighted by atomic mass is 16.5. The number of ether oxygens (including phenoxy) is 1. The average Bonchev–Trinajstić information content (AvgIpc) is 2.72. The molecule has 1 aliphatic rings. The molecule has 0 unspecified atom stereocenters. The van der Waals surface area contributed by atoms with E-state index in [1.165, 1.54) is 18.3 Å². The van der Waals surface area contributed by atoms with E-state index in [0.29, 0.717) is 44.6 Å². The molecule has 1 fully saturated rings. The first-order valence-electron chi connectivity index (χ1n) is 8.95. The van der Waals surface area contributed by atoms with Gasteiger partial charge < -0.3 is 19.5 Å². The molecular weight excluding hydrogens is 346 g/mol. The zero-order valence-corrected chi connectivity index (χ0v) is 15.3. The molecule has 1 N–H and O–H groups in total. The topological polar surface area (TPSA) is 82.7 Å². The molecule has 1 aliphatic heterocycles. The number of hydrogen-bond acceptors (Lipinski definition) is 4. The second-order valence-electron chi connectivity index (χ2n) is 6.46. The van der Waals surface area contributed by atoms with Gasteiger partial charge >= 0.3 is 0 Å². The monoisotopic (exact) mass is 369 g/mol. The summed E-state index contributed by atoms with van der Waals surface area (Å²) >= 11 is 0. The third-order valence-corrected chi connectivity index (χ3v) is 4.74. The molecule has 142 valence electrons. The van der Waals surface area contributed by atoms with Gasteiger partial charge in [0, 0.05) is 44.9 Å². The number of benzene rings is 1. The second-order valence-corrected chi connectivity index (χ2v) is 6.46. The number of nitrogens with one attached hydrogen (secondary N) is 1. The number of rotatable bonds is 5. The Kier molecular flexibility index (Phi) is 5.90. The van der Waals surface area contributed by atoms with Crippen LogP contribution < -0.4 is 10.3 Å². The summed E-state index contributed by atoms with van der Waals surface area (Å²) in [4.78, 5) is 42.0. The minimum Gasteiger partial charge on any atom is -0.497 e. The van der Waals surface area contributed by atoms with E-state index in [4.69, 9.17) is 4.74 Å². The zero-order valence-electron chi connectivity index (χ0n) is 15.3. The van der Waals surface area contributed by atoms with E-state index in [2.05, 4.69) is 4.98 Å². The van der Waals surface area contributed by atoms with E-state index in [9.17, 15) is 14.4 Å². The van der Waals surface area contributed by atoms with Crippen LogP contribution in [0.2, 0.25) is 0 Å². The number of amides is 2. The van der Waals surface area contributed by atoms with Crippen molar-refractivity contribution in [2.24, 2.45) is 0 Å². The Balaban J connectivity index is 1.47. The Morgan fingerprint density at radius 3 is 2.26 bits per heavy atom. The molecule has 1 saturated heterocycles. The number of aromatic amines is 1. The van der Waals surface area contributed by atoms with Gasteiger partial charge in [-0.3, -0.25) is 14.4 Å². The lowest BCUT2D eigenvalue weighted by Crippen LogP contribution is -2.50. The fourth-order valence-corrected chi connectivity index (χ4v) is 3.09. The summed E-state index contributed by atoms with van der Waals surface area (Å²) in [5.41, 5.74) is 1.31. The van der Waals surface area contributed by atoms with E-state index in [1.54, 1.807) is 16.9 Å². The van der Waals surface area contributed by atoms with Crippen LogP contribution in [0.25, 0.3) is 0 Å². The Hall–Kier alpha value is -3.09. The van der Waals surface area contributed by atoms with Crippen LogP contribution in [0.15, 0.2) is 47.4 Å². The maximum absolute atomic E-state index is 12.4. The van der Waals surface area contributed by atoms with Crippen molar-refractivity contribution in [3.63, 3.8) is 0 Å². The third-order valence-electron chi connectivity index (χ3n) is 4.74. The number of nitrogens with zero attached hydrogens (tertiary/aromatic N) is 2. The summed E-state index contributed by atoms with van der Waals surface area (Å²) in [6, 6.07) is 10.6. The molecule has 3 rings (SSSR count). The first-order chi connectivity index (χ1) is 13.1. The summed E-state index contributed by atoms with van der Waals surface area (Å²) in [6.07, 6.45) is 2.55. The highest BCUT2D eigenvalue weighted by Crippen LogP contribution is 2.14. The van der Waals surface area contributed by atoms with Gasteiger partial charge in [0.1, 0.15) is 5.75 Å². The van der Waals surface area contributed by atoms with Crippen molar-refractivity contribution < 1.29 is 14.3 Å². The summed E-state index contributed by atoms with van der Waals surface area (Å²) in [6.45, 7) is 2.03. The Morgan fingerprint density at radius 2 is 1.67 bits per heavy atom. The minimum absolute atomic E-state index is 0.0990. The van der Waals surface area contributed by atoms with E-state index in [1.807, 2.05) is 24.3 Å². The number of hydrogen-bond donors (Lipinski definition) is 1. The van der Waals surface area contributed by atoms with Crippen molar-refractivity contribution in [3.05, 3.63) is 64.1 Å². The molecule has 0 atom stereocenters. The molecular formula is C20H23N3O4. The number of H-pyrrole nitrogens is 1. The number of carbonyl (C=O) groups excluding carboxylic acids is 2. The van der Waals surface area contributed by atoms with Crippen molar-refractivity contribution in [1.29, 1.82) is 0 Å². The summed E-state index contributed by atoms with van der Waals surface area (Å²) in [5, 5.41) is 0. The van der Waals surface area contributed by atoms with Crippen LogP contribution in [0.4, 0.5) is 0 Å². The molecule has 0 radical (unpaired) electrons. The number of pyridine rings is 1. The smallest absolute Gasteiger partial charge is 0.255 e. The quantitative estimate of drug-likeness (QED) is 0.861. The van der Waals surface area contributed by atoms with Crippen LogP contribution in [-0.4, -0.2) is 59.9 Å². The molecule has 0 aliphatic carbocycles. The number of carbonyl (C=O) groups is 2. The van der Waals surface area contributed by atoms with Crippen LogP contribution in [0, 0.1) is 0 Å². The Bertz CT molecular complexity index is 832. The SMILES string of the molecule is COc1ccc(CCC(=O)N2CCN(C(=O)c3ccc(=O)[nH]c3)CC2)cc1. The second kappa shape index (κ2) is 8.53. The summed E-state index contributed by atoms with van der Waals surface area (Å²) in [7, 11) is 1.63. The molecule has 7 heteroatoms. The van der Waals surface area contributed by atoms with Crippen LogP contribution in [-0.2, 0) is 11.2 Å². The summed E-state index contributed by atoms with van der Waals surface area (Å²) < 4.78 is 5.13. The van der Waals surface area contributed by atoms with Crippen LogP contribution in [0.3, 0.4) is 0 Å². The zero-order chi connectivity index (χ0) is 19.2. The molecule has 1 aromatic heterocycles. The highest BCUT2D eigenvalue weighted by Gasteiger charge is 2.24. The van der Waals surface area contributed by atoms with Gasteiger partial charge in [-0.25, -0.2) is 0 Å². The predicted octanol–water partition coefficient (Wildman–Crippen LogP) is 1.30. The molecule has 2 heterocycles. The molecule has 7 nitrogen and oxygen atoms in total. The van der Waals surface area contributed by atoms with Gasteiger partial charge in [0.05, 0.1) is 12.7 Å². The Morgan fingerprint density at radius 1 is 1.00 bits per heavy atom. The molecule has 0 bridgehead atoms. The number of aromatic nitrogens is 1. The normalized spacial score (nSPS) is 14.1. The minimum atomic E-state index is -0.237. The standard InChI is InChI=1S/C20H23N3O4/c1-27-17-6-2-15(3-7-17)4-9-19(25)22-10-12-23(13-11-22)20(26)16-5-8-18(24)21-14-16/h2-3,5-8,14H,4,9-13H2,1H3,(H,21,24). The molecule has 0 spiro atoms. The van der Waals surface area contributed by atoms with E-state index in [0.717, 1.165) is 11.3 Å². The predicted molar refractivity (Wildman–Crippen MR) is 101 cm³/mol. The van der Waals surface area contributed by atoms with Gasteiger partial charge in [0.15, 0.2) is 0 Å². The largest absolute Gasteiger partial charge is 0.497 e. The average molecular weight is 369 g/mol. The maximum Gasteiger partial charge on any atom is 0.255 e. The first-order valence-corrected chi connectivity index (χ1v) is 8.95. The number of aryl methyl sites for hydroxylation is 1. The van der Waals surface area contributed by atoms with Gasteiger partial charge in [-0.15, -0.1) is 0 Å². The van der Waals surface area contributed by atoms with E-state index >= 15 is 0 Å². The third kappa shape index (κ3) is 4.75. The lowest BCUT2D eigenvalue weighted by molar-refractivity contribution is -0.132. The van der Waals surface area contributed by atoms with Gasteiger partial charge in [-0.1, -0.05) is 12.1 Å². The van der Waals surface area contributed by atoms with Crippen molar-refractivity contribution in [2.75, 3.05) is 33.3 Å². The van der Waals surface area contributed by atoms with E-state index in [-0.39, 0.29) is 17.4 Å². The summed E-state index contributed by atoms with van der Waals surface area (Å²) in [5.74, 6) is 0.770. The Labute approximate surface area is 157 Å². The van der Waals surface area contributed by atoms with E-state index < -0.39 is 0 Å². The van der Waals surface area contributed by atoms with Crippen molar-refractivity contribution in [1.82, 2.24) is 14.8 Å². The van der Waals surface area contributed by atoms with Crippen LogP contribution in [0.5, 0.6) is 5.75 Å². The van der Waals surface area contributed by atoms with Gasteiger partial charge in [0.2, 0.25) is 11.5 Å². The molecule has 1 aromatic carbocycles. The fourth-order valence-electron chi connectivity index (χ4n) is 3.09. The molecule has 0 saturated carbocycles. The van der Waals surface area contributed by atoms with Crippen molar-refractivity contribution in [3.8, 4) is 5.75 Å². The maximum atomic E-state index is 12.4. The van der Waals surface area contributed by atoms with Crippen LogP contribution >= 0.6 is 0 Å². The fraction of sp³-hybridized carbons (Fsp3) is 0.350. The first kappa shape index (κ1) is 18.7. The number of methoxy groups -OCH3 is 1. The van der Waals surface area contributed by atoms with Crippen molar-refractivity contribution in [2.45, 2.75) is 12.8 Å². The highest BCUT2D eigenvalue weighted by molar-refractivity contribution is 5.94. The molecule has 2 aromatic rings.